The zero-order valence-corrected chi connectivity index (χ0v) is 11.0. The largest absolute Gasteiger partial charge is 0.491 e. The monoisotopic (exact) mass is 251 g/mol. The van der Waals surface area contributed by atoms with Crippen LogP contribution in [0.15, 0.2) is 18.2 Å². The molecule has 0 spiro atoms. The minimum atomic E-state index is -0.229. The molecule has 1 aromatic carbocycles. The standard InChI is InChI=1S/C15H22FNO/c1-12-6-5-7-14(15(12)16)18-11-4-2-3-10-17-13-8-9-13/h5-7,13,17H,2-4,8-11H2,1H3. The van der Waals surface area contributed by atoms with E-state index in [2.05, 4.69) is 5.32 Å². The number of aryl methyl sites for hydroxylation is 1. The lowest BCUT2D eigenvalue weighted by Gasteiger charge is -2.08. The average molecular weight is 251 g/mol. The highest BCUT2D eigenvalue weighted by atomic mass is 19.1. The van der Waals surface area contributed by atoms with Crippen LogP contribution in [0, 0.1) is 12.7 Å². The van der Waals surface area contributed by atoms with Crippen LogP contribution in [0.3, 0.4) is 0 Å². The fourth-order valence-electron chi connectivity index (χ4n) is 1.91. The van der Waals surface area contributed by atoms with Gasteiger partial charge in [-0.15, -0.1) is 0 Å². The van der Waals surface area contributed by atoms with Crippen LogP contribution in [-0.4, -0.2) is 19.2 Å². The van der Waals surface area contributed by atoms with Gasteiger partial charge in [0, 0.05) is 6.04 Å². The summed E-state index contributed by atoms with van der Waals surface area (Å²) in [6.07, 6.45) is 5.98. The molecule has 0 radical (unpaired) electrons. The van der Waals surface area contributed by atoms with Crippen molar-refractivity contribution in [1.29, 1.82) is 0 Å². The summed E-state index contributed by atoms with van der Waals surface area (Å²) >= 11 is 0. The minimum Gasteiger partial charge on any atom is -0.491 e. The van der Waals surface area contributed by atoms with E-state index in [1.54, 1.807) is 19.1 Å². The average Bonchev–Trinajstić information content (AvgIpc) is 3.17. The highest BCUT2D eigenvalue weighted by Gasteiger charge is 2.19. The number of hydrogen-bond donors (Lipinski definition) is 1. The predicted molar refractivity (Wildman–Crippen MR) is 71.5 cm³/mol. The van der Waals surface area contributed by atoms with Gasteiger partial charge in [-0.05, 0) is 57.2 Å². The smallest absolute Gasteiger partial charge is 0.167 e. The predicted octanol–water partition coefficient (Wildman–Crippen LogP) is 3.44. The van der Waals surface area contributed by atoms with Crippen molar-refractivity contribution in [2.75, 3.05) is 13.2 Å². The highest BCUT2D eigenvalue weighted by molar-refractivity contribution is 5.29. The van der Waals surface area contributed by atoms with Gasteiger partial charge in [0.25, 0.3) is 0 Å². The molecule has 0 amide bonds. The third-order valence-electron chi connectivity index (χ3n) is 3.25. The summed E-state index contributed by atoms with van der Waals surface area (Å²) in [6.45, 7) is 3.46. The van der Waals surface area contributed by atoms with Crippen LogP contribution in [0.4, 0.5) is 4.39 Å². The van der Waals surface area contributed by atoms with Crippen molar-refractivity contribution in [3.8, 4) is 5.75 Å². The van der Waals surface area contributed by atoms with E-state index in [9.17, 15) is 4.39 Å². The second kappa shape index (κ2) is 6.74. The Kier molecular flexibility index (Phi) is 5.00. The summed E-state index contributed by atoms with van der Waals surface area (Å²) in [6, 6.07) is 6.07. The zero-order chi connectivity index (χ0) is 12.8. The summed E-state index contributed by atoms with van der Waals surface area (Å²) in [4.78, 5) is 0. The molecule has 18 heavy (non-hydrogen) atoms. The van der Waals surface area contributed by atoms with Gasteiger partial charge in [-0.1, -0.05) is 12.1 Å². The molecule has 1 N–H and O–H groups in total. The molecule has 1 aromatic rings. The van der Waals surface area contributed by atoms with Crippen LogP contribution in [0.2, 0.25) is 0 Å². The maximum absolute atomic E-state index is 13.6. The number of hydrogen-bond acceptors (Lipinski definition) is 2. The Morgan fingerprint density at radius 3 is 2.89 bits per heavy atom. The first-order valence-corrected chi connectivity index (χ1v) is 6.88. The molecule has 100 valence electrons. The Morgan fingerprint density at radius 2 is 2.11 bits per heavy atom. The summed E-state index contributed by atoms with van der Waals surface area (Å²) in [5.74, 6) is 0.152. The van der Waals surface area contributed by atoms with E-state index in [0.717, 1.165) is 25.4 Å². The van der Waals surface area contributed by atoms with Crippen molar-refractivity contribution in [2.45, 2.75) is 45.1 Å². The third kappa shape index (κ3) is 4.30. The number of nitrogens with one attached hydrogen (secondary N) is 1. The third-order valence-corrected chi connectivity index (χ3v) is 3.25. The fourth-order valence-corrected chi connectivity index (χ4v) is 1.91. The van der Waals surface area contributed by atoms with Crippen molar-refractivity contribution in [2.24, 2.45) is 0 Å². The van der Waals surface area contributed by atoms with Crippen LogP contribution in [0.25, 0.3) is 0 Å². The van der Waals surface area contributed by atoms with Crippen LogP contribution < -0.4 is 10.1 Å². The van der Waals surface area contributed by atoms with E-state index in [-0.39, 0.29) is 5.82 Å². The topological polar surface area (TPSA) is 21.3 Å². The van der Waals surface area contributed by atoms with Gasteiger partial charge in [-0.3, -0.25) is 0 Å². The molecule has 2 rings (SSSR count). The fraction of sp³-hybridized carbons (Fsp3) is 0.600. The first-order valence-electron chi connectivity index (χ1n) is 6.88. The molecule has 1 aliphatic carbocycles. The Hall–Kier alpha value is -1.09. The van der Waals surface area contributed by atoms with Crippen molar-refractivity contribution in [1.82, 2.24) is 5.32 Å². The normalized spacial score (nSPS) is 14.8. The lowest BCUT2D eigenvalue weighted by molar-refractivity contribution is 0.290. The number of rotatable bonds is 8. The van der Waals surface area contributed by atoms with Crippen LogP contribution in [0.5, 0.6) is 5.75 Å². The van der Waals surface area contributed by atoms with Gasteiger partial charge in [0.15, 0.2) is 11.6 Å². The van der Waals surface area contributed by atoms with Crippen LogP contribution in [-0.2, 0) is 0 Å². The van der Waals surface area contributed by atoms with Gasteiger partial charge >= 0.3 is 0 Å². The minimum absolute atomic E-state index is 0.229. The molecule has 0 heterocycles. The van der Waals surface area contributed by atoms with E-state index in [4.69, 9.17) is 4.74 Å². The summed E-state index contributed by atoms with van der Waals surface area (Å²) in [7, 11) is 0. The maximum atomic E-state index is 13.6. The number of halogens is 1. The second-order valence-corrected chi connectivity index (χ2v) is 5.02. The number of benzene rings is 1. The van der Waals surface area contributed by atoms with Crippen molar-refractivity contribution in [3.63, 3.8) is 0 Å². The second-order valence-electron chi connectivity index (χ2n) is 5.02. The Morgan fingerprint density at radius 1 is 1.28 bits per heavy atom. The maximum Gasteiger partial charge on any atom is 0.167 e. The molecule has 1 fully saturated rings. The van der Waals surface area contributed by atoms with Crippen LogP contribution in [0.1, 0.15) is 37.7 Å². The van der Waals surface area contributed by atoms with E-state index in [0.29, 0.717) is 17.9 Å². The van der Waals surface area contributed by atoms with Gasteiger partial charge in [-0.2, -0.15) is 0 Å². The van der Waals surface area contributed by atoms with E-state index in [1.165, 1.54) is 19.3 Å². The van der Waals surface area contributed by atoms with Crippen molar-refractivity contribution in [3.05, 3.63) is 29.6 Å². The molecule has 1 aliphatic rings. The van der Waals surface area contributed by atoms with E-state index in [1.807, 2.05) is 6.07 Å². The molecule has 1 saturated carbocycles. The Balaban J connectivity index is 1.55. The van der Waals surface area contributed by atoms with Gasteiger partial charge < -0.3 is 10.1 Å². The molecule has 0 unspecified atom stereocenters. The molecule has 0 aliphatic heterocycles. The Labute approximate surface area is 109 Å². The van der Waals surface area contributed by atoms with E-state index >= 15 is 0 Å². The first-order chi connectivity index (χ1) is 8.77. The molecule has 3 heteroatoms. The lowest BCUT2D eigenvalue weighted by atomic mass is 10.2. The highest BCUT2D eigenvalue weighted by Crippen LogP contribution is 2.20. The molecule has 0 aromatic heterocycles. The number of unbranched alkanes of at least 4 members (excludes halogenated alkanes) is 2. The van der Waals surface area contributed by atoms with Gasteiger partial charge in [0.1, 0.15) is 0 Å². The molecule has 0 bridgehead atoms. The van der Waals surface area contributed by atoms with Crippen molar-refractivity contribution >= 4 is 0 Å². The van der Waals surface area contributed by atoms with Gasteiger partial charge in [0.05, 0.1) is 6.61 Å². The van der Waals surface area contributed by atoms with Gasteiger partial charge in [0.2, 0.25) is 0 Å². The van der Waals surface area contributed by atoms with E-state index < -0.39 is 0 Å². The summed E-state index contributed by atoms with van der Waals surface area (Å²) in [5.41, 5.74) is 0.640. The van der Waals surface area contributed by atoms with Crippen molar-refractivity contribution < 1.29 is 9.13 Å². The molecule has 0 atom stereocenters. The lowest BCUT2D eigenvalue weighted by Crippen LogP contribution is -2.17. The summed E-state index contributed by atoms with van der Waals surface area (Å²) in [5, 5.41) is 3.48. The molecule has 0 saturated heterocycles. The zero-order valence-electron chi connectivity index (χ0n) is 11.0. The SMILES string of the molecule is Cc1cccc(OCCCCCNC2CC2)c1F. The Bertz CT molecular complexity index is 377. The number of ether oxygens (including phenoxy) is 1. The quantitative estimate of drug-likeness (QED) is 0.715. The first kappa shape index (κ1) is 13.3. The van der Waals surface area contributed by atoms with Gasteiger partial charge in [-0.25, -0.2) is 4.39 Å². The van der Waals surface area contributed by atoms with Crippen LogP contribution >= 0.6 is 0 Å². The summed E-state index contributed by atoms with van der Waals surface area (Å²) < 4.78 is 19.1. The molecular weight excluding hydrogens is 229 g/mol. The molecular formula is C15H22FNO. The molecule has 2 nitrogen and oxygen atoms in total.